The van der Waals surface area contributed by atoms with Crippen LogP contribution in [-0.4, -0.2) is 33.4 Å². The van der Waals surface area contributed by atoms with E-state index in [1.165, 1.54) is 15.6 Å². The van der Waals surface area contributed by atoms with Crippen molar-refractivity contribution >= 4 is 37.3 Å². The number of hydrogen-bond donors (Lipinski definition) is 1. The summed E-state index contributed by atoms with van der Waals surface area (Å²) in [7, 11) is 0.113. The van der Waals surface area contributed by atoms with Gasteiger partial charge in [0.15, 0.2) is 0 Å². The Morgan fingerprint density at radius 1 is 1.42 bits per heavy atom. The van der Waals surface area contributed by atoms with Gasteiger partial charge in [-0.3, -0.25) is 0 Å². The predicted molar refractivity (Wildman–Crippen MR) is 84.1 cm³/mol. The topological polar surface area (TPSA) is 49.4 Å². The molecule has 0 aliphatic rings. The third kappa shape index (κ3) is 4.53. The van der Waals surface area contributed by atoms with E-state index in [9.17, 15) is 8.42 Å². The minimum Gasteiger partial charge on any atom is -0.315 e. The Kier molecular flexibility index (Phi) is 6.96. The molecule has 1 heterocycles. The number of hydrogen-bond acceptors (Lipinski definition) is 4. The number of rotatable bonds is 8. The molecular formula is C12H21BrN2O2S2. The number of nitrogens with one attached hydrogen (secondary N) is 1. The van der Waals surface area contributed by atoms with Gasteiger partial charge in [-0.25, -0.2) is 12.7 Å². The molecule has 1 aromatic heterocycles. The van der Waals surface area contributed by atoms with Crippen LogP contribution in [0.5, 0.6) is 0 Å². The minimum absolute atomic E-state index is 0.377. The van der Waals surface area contributed by atoms with Gasteiger partial charge in [0.1, 0.15) is 4.90 Å². The highest BCUT2D eigenvalue weighted by atomic mass is 79.9. The van der Waals surface area contributed by atoms with Gasteiger partial charge in [-0.15, -0.1) is 11.3 Å². The maximum absolute atomic E-state index is 12.4. The van der Waals surface area contributed by atoms with Crippen LogP contribution in [-0.2, 0) is 16.6 Å². The Labute approximate surface area is 128 Å². The summed E-state index contributed by atoms with van der Waals surface area (Å²) in [6.07, 6.45) is 3.04. The van der Waals surface area contributed by atoms with E-state index >= 15 is 0 Å². The lowest BCUT2D eigenvalue weighted by Gasteiger charge is -2.16. The molecule has 1 N–H and O–H groups in total. The van der Waals surface area contributed by atoms with E-state index in [1.807, 2.05) is 7.05 Å². The Morgan fingerprint density at radius 3 is 2.68 bits per heavy atom. The van der Waals surface area contributed by atoms with Crippen molar-refractivity contribution in [3.63, 3.8) is 0 Å². The van der Waals surface area contributed by atoms with Crippen LogP contribution in [0.4, 0.5) is 0 Å². The third-order valence-corrected chi connectivity index (χ3v) is 6.93. The fraction of sp³-hybridized carbons (Fsp3) is 0.667. The van der Waals surface area contributed by atoms with Crippen molar-refractivity contribution in [2.75, 3.05) is 20.6 Å². The molecule has 0 saturated heterocycles. The van der Waals surface area contributed by atoms with Crippen LogP contribution in [0.3, 0.4) is 0 Å². The van der Waals surface area contributed by atoms with Crippen molar-refractivity contribution < 1.29 is 8.42 Å². The van der Waals surface area contributed by atoms with Crippen LogP contribution in [0.15, 0.2) is 14.7 Å². The molecule has 0 unspecified atom stereocenters. The fourth-order valence-corrected chi connectivity index (χ4v) is 5.56. The highest BCUT2D eigenvalue weighted by Gasteiger charge is 2.25. The predicted octanol–water partition coefficient (Wildman–Crippen LogP) is 3.04. The SMILES string of the molecule is CCCCCN(C)S(=O)(=O)c1cc(CNC)sc1Br. The molecule has 0 aliphatic carbocycles. The normalized spacial score (nSPS) is 12.3. The summed E-state index contributed by atoms with van der Waals surface area (Å²) >= 11 is 4.82. The molecule has 4 nitrogen and oxygen atoms in total. The molecule has 0 aliphatic heterocycles. The van der Waals surface area contributed by atoms with Gasteiger partial charge in [0.05, 0.1) is 3.79 Å². The second-order valence-corrected chi connectivity index (χ2v) is 8.88. The van der Waals surface area contributed by atoms with Crippen molar-refractivity contribution in [2.24, 2.45) is 0 Å². The summed E-state index contributed by atoms with van der Waals surface area (Å²) in [5.74, 6) is 0. The second kappa shape index (κ2) is 7.73. The van der Waals surface area contributed by atoms with Crippen LogP contribution in [0.2, 0.25) is 0 Å². The standard InChI is InChI=1S/C12H21BrN2O2S2/c1-4-5-6-7-15(3)19(16,17)11-8-10(9-14-2)18-12(11)13/h8,14H,4-7,9H2,1-3H3. The average molecular weight is 369 g/mol. The molecule has 0 bridgehead atoms. The smallest absolute Gasteiger partial charge is 0.244 e. The Balaban J connectivity index is 2.86. The number of halogens is 1. The van der Waals surface area contributed by atoms with Crippen molar-refractivity contribution in [2.45, 2.75) is 37.6 Å². The molecule has 0 saturated carbocycles. The summed E-state index contributed by atoms with van der Waals surface area (Å²) in [5.41, 5.74) is 0. The first kappa shape index (κ1) is 17.1. The van der Waals surface area contributed by atoms with Gasteiger partial charge in [0, 0.05) is 25.0 Å². The number of unbranched alkanes of at least 4 members (excludes halogenated alkanes) is 2. The molecule has 0 spiro atoms. The van der Waals surface area contributed by atoms with E-state index in [-0.39, 0.29) is 0 Å². The minimum atomic E-state index is -3.38. The Bertz CT molecular complexity index is 500. The molecule has 0 fully saturated rings. The maximum Gasteiger partial charge on any atom is 0.244 e. The largest absolute Gasteiger partial charge is 0.315 e. The molecule has 0 radical (unpaired) electrons. The van der Waals surface area contributed by atoms with Crippen LogP contribution >= 0.6 is 27.3 Å². The fourth-order valence-electron chi connectivity index (χ4n) is 1.71. The Morgan fingerprint density at radius 2 is 2.11 bits per heavy atom. The lowest BCUT2D eigenvalue weighted by Crippen LogP contribution is -2.27. The third-order valence-electron chi connectivity index (χ3n) is 2.82. The van der Waals surface area contributed by atoms with Crippen LogP contribution in [0.25, 0.3) is 0 Å². The molecule has 0 aromatic carbocycles. The summed E-state index contributed by atoms with van der Waals surface area (Å²) < 4.78 is 27.0. The quantitative estimate of drug-likeness (QED) is 0.717. The van der Waals surface area contributed by atoms with Crippen LogP contribution in [0, 0.1) is 0 Å². The lowest BCUT2D eigenvalue weighted by molar-refractivity contribution is 0.454. The van der Waals surface area contributed by atoms with Gasteiger partial charge in [0.2, 0.25) is 10.0 Å². The summed E-state index contributed by atoms with van der Waals surface area (Å²) in [4.78, 5) is 1.39. The van der Waals surface area contributed by atoms with Gasteiger partial charge in [-0.05, 0) is 35.5 Å². The van der Waals surface area contributed by atoms with E-state index in [0.717, 1.165) is 24.1 Å². The van der Waals surface area contributed by atoms with Crippen molar-refractivity contribution in [1.29, 1.82) is 0 Å². The first-order valence-corrected chi connectivity index (χ1v) is 9.37. The molecule has 7 heteroatoms. The molecule has 1 aromatic rings. The van der Waals surface area contributed by atoms with Crippen molar-refractivity contribution in [1.82, 2.24) is 9.62 Å². The maximum atomic E-state index is 12.4. The number of sulfonamides is 1. The first-order chi connectivity index (χ1) is 8.93. The van der Waals surface area contributed by atoms with Gasteiger partial charge in [-0.2, -0.15) is 0 Å². The zero-order valence-electron chi connectivity index (χ0n) is 11.6. The first-order valence-electron chi connectivity index (χ1n) is 6.32. The monoisotopic (exact) mass is 368 g/mol. The van der Waals surface area contributed by atoms with E-state index in [0.29, 0.717) is 21.8 Å². The summed E-state index contributed by atoms with van der Waals surface area (Å²) in [6.45, 7) is 3.35. The van der Waals surface area contributed by atoms with E-state index in [2.05, 4.69) is 28.2 Å². The molecule has 0 atom stereocenters. The van der Waals surface area contributed by atoms with E-state index in [4.69, 9.17) is 0 Å². The van der Waals surface area contributed by atoms with E-state index < -0.39 is 10.0 Å². The van der Waals surface area contributed by atoms with Gasteiger partial charge < -0.3 is 5.32 Å². The van der Waals surface area contributed by atoms with Crippen LogP contribution in [0.1, 0.15) is 31.1 Å². The van der Waals surface area contributed by atoms with Gasteiger partial charge >= 0.3 is 0 Å². The highest BCUT2D eigenvalue weighted by Crippen LogP contribution is 2.33. The number of nitrogens with zero attached hydrogens (tertiary/aromatic N) is 1. The molecular weight excluding hydrogens is 348 g/mol. The van der Waals surface area contributed by atoms with Crippen molar-refractivity contribution in [3.05, 3.63) is 14.7 Å². The molecule has 110 valence electrons. The van der Waals surface area contributed by atoms with Crippen molar-refractivity contribution in [3.8, 4) is 0 Å². The zero-order chi connectivity index (χ0) is 14.5. The molecule has 1 rings (SSSR count). The van der Waals surface area contributed by atoms with Gasteiger partial charge in [0.25, 0.3) is 0 Å². The summed E-state index contributed by atoms with van der Waals surface area (Å²) in [6, 6.07) is 1.75. The second-order valence-electron chi connectivity index (χ2n) is 4.41. The average Bonchev–Trinajstić information content (AvgIpc) is 2.71. The van der Waals surface area contributed by atoms with Crippen LogP contribution < -0.4 is 5.32 Å². The zero-order valence-corrected chi connectivity index (χ0v) is 14.8. The molecule has 19 heavy (non-hydrogen) atoms. The Hall–Kier alpha value is 0.0500. The number of thiophene rings is 1. The van der Waals surface area contributed by atoms with E-state index in [1.54, 1.807) is 13.1 Å². The van der Waals surface area contributed by atoms with Gasteiger partial charge in [-0.1, -0.05) is 19.8 Å². The lowest BCUT2D eigenvalue weighted by atomic mass is 10.2. The summed E-state index contributed by atoms with van der Waals surface area (Å²) in [5, 5.41) is 3.03. The molecule has 0 amide bonds. The highest BCUT2D eigenvalue weighted by molar-refractivity contribution is 9.11.